The van der Waals surface area contributed by atoms with Crippen molar-refractivity contribution in [2.45, 2.75) is 49.3 Å². The van der Waals surface area contributed by atoms with Gasteiger partial charge in [-0.05, 0) is 122 Å². The lowest BCUT2D eigenvalue weighted by Gasteiger charge is -2.11. The predicted molar refractivity (Wildman–Crippen MR) is 200 cm³/mol. The minimum absolute atomic E-state index is 0.150. The lowest BCUT2D eigenvalue weighted by atomic mass is 10.1. The number of hydrogen-bond donors (Lipinski definition) is 4. The number of nitrogens with two attached hydrogens (primary N) is 1. The molecule has 0 heterocycles. The molecule has 0 radical (unpaired) electrons. The maximum atomic E-state index is 12.3. The van der Waals surface area contributed by atoms with Crippen molar-refractivity contribution in [3.8, 4) is 5.75 Å². The summed E-state index contributed by atoms with van der Waals surface area (Å²) in [5.74, 6) is 0.201. The van der Waals surface area contributed by atoms with E-state index in [4.69, 9.17) is 10.5 Å². The molecule has 5 N–H and O–H groups in total. The minimum Gasteiger partial charge on any atom is -0.494 e. The number of fused-ring (bicyclic) bond motifs is 1. The molecule has 5 rings (SSSR count). The van der Waals surface area contributed by atoms with Crippen LogP contribution in [-0.4, -0.2) is 46.0 Å². The Morgan fingerprint density at radius 1 is 0.481 bits per heavy atom. The molecule has 5 aromatic carbocycles. The van der Waals surface area contributed by atoms with Crippen LogP contribution < -0.4 is 10.5 Å². The molecular formula is C34H33N7O10S3. The van der Waals surface area contributed by atoms with Crippen LogP contribution >= 0.6 is 0 Å². The van der Waals surface area contributed by atoms with Gasteiger partial charge >= 0.3 is 0 Å². The van der Waals surface area contributed by atoms with Gasteiger partial charge in [0, 0.05) is 17.1 Å². The van der Waals surface area contributed by atoms with Crippen LogP contribution in [-0.2, 0) is 30.4 Å². The topological polar surface area (TPSA) is 273 Å². The standard InChI is InChI=1S/C34H33N7O10S3/c1-17-8-26(18(2)7-25(17)35)36-37-27-9-20(4)28(10-19(27)3)38-40-30-11-21(5)29(16-32(30)51-6)39-41-31-15-24-22(13-34(31)54(48,49)50)12-23(52(42,43)44)14-33(24)53(45,46)47/h7-16H,35H2,1-6H3,(H,42,43,44)(H,45,46,47)(H,48,49,50). The SMILES string of the molecule is COc1cc(N=Nc2cc3c(S(=O)(=O)O)cc(S(=O)(=O)O)cc3cc2S(=O)(=O)O)c(C)cc1N=Nc1cc(C)c(N=Nc2cc(C)c(N)cc2C)cc1C. The van der Waals surface area contributed by atoms with E-state index in [0.29, 0.717) is 40.1 Å². The van der Waals surface area contributed by atoms with Crippen LogP contribution in [0.25, 0.3) is 10.8 Å². The second-order valence-electron chi connectivity index (χ2n) is 12.2. The first kappa shape index (κ1) is 39.7. The number of anilines is 1. The van der Waals surface area contributed by atoms with Gasteiger partial charge in [-0.25, -0.2) is 0 Å². The Morgan fingerprint density at radius 2 is 0.907 bits per heavy atom. The molecule has 0 bridgehead atoms. The molecule has 20 heteroatoms. The highest BCUT2D eigenvalue weighted by molar-refractivity contribution is 7.87. The summed E-state index contributed by atoms with van der Waals surface area (Å²) in [4.78, 5) is -2.81. The zero-order valence-corrected chi connectivity index (χ0v) is 31.9. The van der Waals surface area contributed by atoms with Gasteiger partial charge in [0.25, 0.3) is 30.4 Å². The van der Waals surface area contributed by atoms with Gasteiger partial charge in [-0.3, -0.25) is 13.7 Å². The first-order valence-electron chi connectivity index (χ1n) is 15.5. The van der Waals surface area contributed by atoms with Crippen molar-refractivity contribution in [3.05, 3.63) is 88.5 Å². The van der Waals surface area contributed by atoms with Crippen LogP contribution in [0.5, 0.6) is 5.75 Å². The van der Waals surface area contributed by atoms with E-state index in [-0.39, 0.29) is 22.2 Å². The molecular weight excluding hydrogens is 763 g/mol. The zero-order chi connectivity index (χ0) is 39.9. The van der Waals surface area contributed by atoms with Gasteiger partial charge in [0.1, 0.15) is 26.9 Å². The quantitative estimate of drug-likeness (QED) is 0.0588. The largest absolute Gasteiger partial charge is 0.494 e. The number of benzene rings is 5. The van der Waals surface area contributed by atoms with Crippen molar-refractivity contribution in [3.63, 3.8) is 0 Å². The van der Waals surface area contributed by atoms with E-state index < -0.39 is 50.7 Å². The van der Waals surface area contributed by atoms with Crippen molar-refractivity contribution in [1.82, 2.24) is 0 Å². The molecule has 17 nitrogen and oxygen atoms in total. The highest BCUT2D eigenvalue weighted by Gasteiger charge is 2.25. The van der Waals surface area contributed by atoms with Gasteiger partial charge in [-0.2, -0.15) is 45.7 Å². The van der Waals surface area contributed by atoms with Gasteiger partial charge in [-0.15, -0.1) is 10.2 Å². The molecule has 0 aliphatic carbocycles. The van der Waals surface area contributed by atoms with Crippen LogP contribution in [0.2, 0.25) is 0 Å². The fourth-order valence-corrected chi connectivity index (χ4v) is 7.22. The zero-order valence-electron chi connectivity index (χ0n) is 29.5. The third kappa shape index (κ3) is 8.65. The molecule has 0 aliphatic rings. The average molecular weight is 796 g/mol. The van der Waals surface area contributed by atoms with E-state index in [1.54, 1.807) is 13.0 Å². The Morgan fingerprint density at radius 3 is 1.39 bits per heavy atom. The third-order valence-electron chi connectivity index (χ3n) is 8.21. The van der Waals surface area contributed by atoms with E-state index in [2.05, 4.69) is 30.7 Å². The number of ether oxygens (including phenoxy) is 1. The highest BCUT2D eigenvalue weighted by atomic mass is 32.2. The van der Waals surface area contributed by atoms with Crippen molar-refractivity contribution in [1.29, 1.82) is 0 Å². The smallest absolute Gasteiger partial charge is 0.296 e. The van der Waals surface area contributed by atoms with E-state index in [0.717, 1.165) is 40.5 Å². The molecule has 282 valence electrons. The van der Waals surface area contributed by atoms with Crippen molar-refractivity contribution in [2.24, 2.45) is 30.7 Å². The summed E-state index contributed by atoms with van der Waals surface area (Å²) < 4.78 is 107. The minimum atomic E-state index is -5.12. The normalized spacial score (nSPS) is 12.8. The third-order valence-corrected chi connectivity index (χ3v) is 10.8. The molecule has 54 heavy (non-hydrogen) atoms. The summed E-state index contributed by atoms with van der Waals surface area (Å²) in [6, 6.07) is 13.2. The van der Waals surface area contributed by atoms with Crippen LogP contribution in [0.3, 0.4) is 0 Å². The molecule has 0 saturated carbocycles. The summed E-state index contributed by atoms with van der Waals surface area (Å²) in [5, 5.41) is 24.9. The highest BCUT2D eigenvalue weighted by Crippen LogP contribution is 2.40. The second-order valence-corrected chi connectivity index (χ2v) is 16.4. The number of hydrogen-bond acceptors (Lipinski definition) is 14. The van der Waals surface area contributed by atoms with Gasteiger partial charge in [-0.1, -0.05) is 0 Å². The maximum absolute atomic E-state index is 12.3. The number of aryl methyl sites for hydroxylation is 5. The van der Waals surface area contributed by atoms with E-state index >= 15 is 0 Å². The summed E-state index contributed by atoms with van der Waals surface area (Å²) in [7, 11) is -13.8. The fourth-order valence-electron chi connectivity index (χ4n) is 5.23. The van der Waals surface area contributed by atoms with Gasteiger partial charge in [0.05, 0.1) is 34.8 Å². The monoisotopic (exact) mass is 795 g/mol. The Kier molecular flexibility index (Phi) is 10.8. The number of rotatable bonds is 10. The summed E-state index contributed by atoms with van der Waals surface area (Å²) in [6.45, 7) is 9.15. The summed E-state index contributed by atoms with van der Waals surface area (Å²) >= 11 is 0. The number of nitrogens with zero attached hydrogens (tertiary/aromatic N) is 6. The molecule has 0 fully saturated rings. The molecule has 0 unspecified atom stereocenters. The molecule has 0 saturated heterocycles. The number of methoxy groups -OCH3 is 1. The van der Waals surface area contributed by atoms with Crippen LogP contribution in [0, 0.1) is 34.6 Å². The van der Waals surface area contributed by atoms with Crippen molar-refractivity contribution < 1.29 is 43.6 Å². The lowest BCUT2D eigenvalue weighted by Crippen LogP contribution is -2.05. The molecule has 0 aliphatic heterocycles. The van der Waals surface area contributed by atoms with Crippen molar-refractivity contribution >= 4 is 80.9 Å². The second kappa shape index (κ2) is 14.7. The van der Waals surface area contributed by atoms with Gasteiger partial charge < -0.3 is 10.5 Å². The van der Waals surface area contributed by atoms with Crippen molar-refractivity contribution in [2.75, 3.05) is 12.8 Å². The van der Waals surface area contributed by atoms with Gasteiger partial charge in [0.2, 0.25) is 0 Å². The average Bonchev–Trinajstić information content (AvgIpc) is 3.07. The van der Waals surface area contributed by atoms with Crippen LogP contribution in [0.1, 0.15) is 27.8 Å². The van der Waals surface area contributed by atoms with E-state index in [1.165, 1.54) is 13.2 Å². The summed E-state index contributed by atoms with van der Waals surface area (Å²) in [5.41, 5.74) is 12.3. The van der Waals surface area contributed by atoms with E-state index in [1.807, 2.05) is 52.0 Å². The predicted octanol–water partition coefficient (Wildman–Crippen LogP) is 8.96. The number of nitrogen functional groups attached to an aromatic ring is 1. The first-order valence-corrected chi connectivity index (χ1v) is 19.8. The van der Waals surface area contributed by atoms with Crippen LogP contribution in [0.15, 0.2) is 106 Å². The molecule has 0 aromatic heterocycles. The molecule has 0 atom stereocenters. The van der Waals surface area contributed by atoms with Gasteiger partial charge in [0.15, 0.2) is 0 Å². The van der Waals surface area contributed by atoms with Crippen LogP contribution in [0.4, 0.5) is 39.8 Å². The number of azo groups is 3. The Hall–Kier alpha value is -5.51. The Labute approximate surface area is 310 Å². The lowest BCUT2D eigenvalue weighted by molar-refractivity contribution is 0.416. The molecule has 0 spiro atoms. The molecule has 0 amide bonds. The fraction of sp³-hybridized carbons (Fsp3) is 0.176. The maximum Gasteiger partial charge on any atom is 0.296 e. The van der Waals surface area contributed by atoms with E-state index in [9.17, 15) is 38.9 Å². The summed E-state index contributed by atoms with van der Waals surface area (Å²) in [6.07, 6.45) is 0. The molecule has 5 aromatic rings. The first-order chi connectivity index (χ1) is 25.1. The Balaban J connectivity index is 1.50. The Bertz CT molecular complexity index is 2800.